The third kappa shape index (κ3) is 3.97. The van der Waals surface area contributed by atoms with Crippen molar-refractivity contribution in [2.24, 2.45) is 0 Å². The van der Waals surface area contributed by atoms with Gasteiger partial charge >= 0.3 is 0 Å². The van der Waals surface area contributed by atoms with Gasteiger partial charge in [-0.15, -0.1) is 0 Å². The van der Waals surface area contributed by atoms with Crippen LogP contribution in [-0.2, 0) is 0 Å². The molecule has 0 spiro atoms. The van der Waals surface area contributed by atoms with E-state index in [0.29, 0.717) is 45.4 Å². The molecule has 0 atom stereocenters. The van der Waals surface area contributed by atoms with Crippen molar-refractivity contribution in [3.63, 3.8) is 0 Å². The van der Waals surface area contributed by atoms with Gasteiger partial charge in [0.1, 0.15) is 22.6 Å². The number of hydrogen-bond donors (Lipinski definition) is 2. The van der Waals surface area contributed by atoms with Crippen LogP contribution >= 0.6 is 0 Å². The molecule has 0 unspecified atom stereocenters. The molecule has 4 aromatic carbocycles. The third-order valence-corrected chi connectivity index (χ3v) is 7.64. The number of imidazole rings is 2. The minimum Gasteiger partial charge on any atom is -0.324 e. The maximum Gasteiger partial charge on any atom is 0.238 e. The lowest BCUT2D eigenvalue weighted by molar-refractivity contribution is 1.07. The molecule has 10 heteroatoms. The summed E-state index contributed by atoms with van der Waals surface area (Å²) in [5, 5.41) is 3.68. The maximum atomic E-state index is 5.04. The highest BCUT2D eigenvalue weighted by Gasteiger charge is 2.12. The van der Waals surface area contributed by atoms with Crippen LogP contribution in [0.15, 0.2) is 122 Å². The first-order chi connectivity index (χ1) is 21.8. The number of nitrogens with zero attached hydrogens (tertiary/aromatic N) is 8. The average molecular weight is 571 g/mol. The molecular weight excluding hydrogens is 548 g/mol. The van der Waals surface area contributed by atoms with Crippen LogP contribution in [0, 0.1) is 0 Å². The van der Waals surface area contributed by atoms with Crippen LogP contribution in [0.3, 0.4) is 0 Å². The van der Waals surface area contributed by atoms with E-state index in [2.05, 4.69) is 9.97 Å². The summed E-state index contributed by atoms with van der Waals surface area (Å²) in [5.74, 6) is 0.962. The normalized spacial score (nSPS) is 11.6. The Labute approximate surface area is 248 Å². The molecule has 9 aromatic rings. The van der Waals surface area contributed by atoms with Crippen LogP contribution in [0.25, 0.3) is 78.4 Å². The molecule has 9 rings (SSSR count). The SMILES string of the molecule is c1ccc(-n2cc3nc4[nH]c(nc5cn(-c6ccccc6)c(n5)nc5[nH]c(nc2n3)c2ccccc52)c2ccccc42)cc1. The Morgan fingerprint density at radius 1 is 0.364 bits per heavy atom. The van der Waals surface area contributed by atoms with Crippen LogP contribution in [-0.4, -0.2) is 49.0 Å². The lowest BCUT2D eigenvalue weighted by Crippen LogP contribution is -1.93. The lowest BCUT2D eigenvalue weighted by Gasteiger charge is -2.01. The topological polar surface area (TPSA) is 119 Å². The Bertz CT molecular complexity index is 2430. The van der Waals surface area contributed by atoms with E-state index < -0.39 is 0 Å². The van der Waals surface area contributed by atoms with Crippen molar-refractivity contribution in [1.29, 1.82) is 0 Å². The predicted octanol–water partition coefficient (Wildman–Crippen LogP) is 6.90. The number of nitrogens with one attached hydrogen (secondary N) is 2. The van der Waals surface area contributed by atoms with Gasteiger partial charge in [0.25, 0.3) is 0 Å². The lowest BCUT2D eigenvalue weighted by atomic mass is 10.2. The Morgan fingerprint density at radius 3 is 1.09 bits per heavy atom. The minimum absolute atomic E-state index is 0.481. The van der Waals surface area contributed by atoms with Crippen molar-refractivity contribution in [1.82, 2.24) is 49.0 Å². The van der Waals surface area contributed by atoms with E-state index in [4.69, 9.17) is 29.9 Å². The zero-order valence-corrected chi connectivity index (χ0v) is 23.1. The van der Waals surface area contributed by atoms with Gasteiger partial charge in [-0.1, -0.05) is 84.9 Å². The fourth-order valence-electron chi connectivity index (χ4n) is 5.61. The van der Waals surface area contributed by atoms with Crippen molar-refractivity contribution < 1.29 is 0 Å². The van der Waals surface area contributed by atoms with Crippen LogP contribution in [0.4, 0.5) is 0 Å². The Hall–Kier alpha value is -6.42. The van der Waals surface area contributed by atoms with Gasteiger partial charge in [0.15, 0.2) is 11.3 Å². The molecule has 0 saturated carbocycles. The number of aromatic amines is 2. The van der Waals surface area contributed by atoms with E-state index in [1.54, 1.807) is 0 Å². The highest BCUT2D eigenvalue weighted by molar-refractivity contribution is 6.05. The molecule has 5 aromatic heterocycles. The van der Waals surface area contributed by atoms with E-state index in [-0.39, 0.29) is 0 Å². The van der Waals surface area contributed by atoms with Gasteiger partial charge in [0.2, 0.25) is 11.6 Å². The van der Waals surface area contributed by atoms with E-state index in [1.165, 1.54) is 0 Å². The molecule has 0 aliphatic carbocycles. The second-order valence-electron chi connectivity index (χ2n) is 10.4. The second-order valence-corrected chi connectivity index (χ2v) is 10.4. The van der Waals surface area contributed by atoms with Crippen LogP contribution in [0.1, 0.15) is 0 Å². The summed E-state index contributed by atoms with van der Waals surface area (Å²) >= 11 is 0. The van der Waals surface area contributed by atoms with Gasteiger partial charge in [-0.3, -0.25) is 9.13 Å². The number of para-hydroxylation sites is 2. The molecule has 0 amide bonds. The van der Waals surface area contributed by atoms with Gasteiger partial charge in [-0.05, 0) is 24.3 Å². The van der Waals surface area contributed by atoms with Crippen molar-refractivity contribution in [3.8, 4) is 11.4 Å². The van der Waals surface area contributed by atoms with E-state index in [1.807, 2.05) is 131 Å². The summed E-state index contributed by atoms with van der Waals surface area (Å²) < 4.78 is 3.88. The summed E-state index contributed by atoms with van der Waals surface area (Å²) in [6.45, 7) is 0. The van der Waals surface area contributed by atoms with Crippen LogP contribution in [0.2, 0.25) is 0 Å². The molecule has 5 heterocycles. The first-order valence-corrected chi connectivity index (χ1v) is 14.1. The van der Waals surface area contributed by atoms with Crippen molar-refractivity contribution in [2.45, 2.75) is 0 Å². The van der Waals surface area contributed by atoms with Crippen LogP contribution < -0.4 is 0 Å². The zero-order valence-electron chi connectivity index (χ0n) is 23.1. The molecule has 44 heavy (non-hydrogen) atoms. The standard InChI is InChI=1S/C34H22N10/c1-3-11-21(12-4-1)43-19-27-35-29-23-15-7-8-16-24(23)30(39-29)36-28-20-44(22-13-5-2-6-14-22)34(38-28)42-32-26-18-10-9-17-25(26)31(40-32)41-33(43)37-27/h1-20H,(H,35,36,39)(H,37,38,40,41,42). The highest BCUT2D eigenvalue weighted by Crippen LogP contribution is 2.25. The number of fused-ring (bicyclic) bond motifs is 14. The number of rotatable bonds is 2. The predicted molar refractivity (Wildman–Crippen MR) is 172 cm³/mol. The molecule has 10 nitrogen and oxygen atoms in total. The first kappa shape index (κ1) is 24.2. The summed E-state index contributed by atoms with van der Waals surface area (Å²) in [4.78, 5) is 36.6. The molecule has 208 valence electrons. The summed E-state index contributed by atoms with van der Waals surface area (Å²) in [5.41, 5.74) is 5.43. The number of hydrogen-bond acceptors (Lipinski definition) is 6. The monoisotopic (exact) mass is 570 g/mol. The van der Waals surface area contributed by atoms with Gasteiger partial charge in [0.05, 0.1) is 12.4 Å². The quantitative estimate of drug-likeness (QED) is 0.233. The van der Waals surface area contributed by atoms with Gasteiger partial charge in [-0.2, -0.15) is 19.9 Å². The fraction of sp³-hybridized carbons (Fsp3) is 0. The van der Waals surface area contributed by atoms with E-state index >= 15 is 0 Å². The van der Waals surface area contributed by atoms with E-state index in [9.17, 15) is 0 Å². The Kier molecular flexibility index (Phi) is 5.26. The maximum absolute atomic E-state index is 5.04. The molecule has 8 bridgehead atoms. The van der Waals surface area contributed by atoms with E-state index in [0.717, 1.165) is 32.9 Å². The molecule has 0 aliphatic heterocycles. The fourth-order valence-corrected chi connectivity index (χ4v) is 5.61. The Balaban J connectivity index is 1.49. The molecule has 0 radical (unpaired) electrons. The van der Waals surface area contributed by atoms with Gasteiger partial charge in [-0.25, -0.2) is 9.97 Å². The van der Waals surface area contributed by atoms with Crippen molar-refractivity contribution >= 4 is 67.0 Å². The highest BCUT2D eigenvalue weighted by atomic mass is 15.2. The number of H-pyrrole nitrogens is 2. The number of aromatic nitrogens is 10. The van der Waals surface area contributed by atoms with Gasteiger partial charge < -0.3 is 9.97 Å². The zero-order chi connectivity index (χ0) is 29.0. The largest absolute Gasteiger partial charge is 0.324 e. The van der Waals surface area contributed by atoms with Crippen molar-refractivity contribution in [3.05, 3.63) is 122 Å². The van der Waals surface area contributed by atoms with Gasteiger partial charge in [0, 0.05) is 32.9 Å². The average Bonchev–Trinajstić information content (AvgIpc) is 3.83. The molecule has 0 saturated heterocycles. The number of benzene rings is 4. The summed E-state index contributed by atoms with van der Waals surface area (Å²) in [6, 6.07) is 36.0. The Morgan fingerprint density at radius 2 is 0.705 bits per heavy atom. The first-order valence-electron chi connectivity index (χ1n) is 14.1. The molecule has 0 aliphatic rings. The summed E-state index contributed by atoms with van der Waals surface area (Å²) in [6.07, 6.45) is 3.78. The van der Waals surface area contributed by atoms with Crippen LogP contribution in [0.5, 0.6) is 0 Å². The smallest absolute Gasteiger partial charge is 0.238 e. The summed E-state index contributed by atoms with van der Waals surface area (Å²) in [7, 11) is 0. The molecule has 0 fully saturated rings. The van der Waals surface area contributed by atoms with Crippen molar-refractivity contribution in [2.75, 3.05) is 0 Å². The molecular formula is C34H22N10. The third-order valence-electron chi connectivity index (χ3n) is 7.64. The minimum atomic E-state index is 0.481. The second kappa shape index (κ2) is 9.57. The molecule has 2 N–H and O–H groups in total.